The first-order valence-electron chi connectivity index (χ1n) is 12.5. The first-order chi connectivity index (χ1) is 18.6. The Kier molecular flexibility index (Phi) is 8.90. The van der Waals surface area contributed by atoms with Gasteiger partial charge in [-0.15, -0.1) is 10.2 Å². The van der Waals surface area contributed by atoms with E-state index in [4.69, 9.17) is 9.59 Å². The van der Waals surface area contributed by atoms with Crippen molar-refractivity contribution in [1.82, 2.24) is 24.9 Å². The second kappa shape index (κ2) is 12.0. The largest absolute Gasteiger partial charge is 0.408 e. The van der Waals surface area contributed by atoms with Crippen LogP contribution in [-0.2, 0) is 4.79 Å². The minimum Gasteiger partial charge on any atom is -0.408 e. The Labute approximate surface area is 234 Å². The number of hydrogen-bond acceptors (Lipinski definition) is 12. The standard InChI is InChI=1S/C24H31F2N9O2S2/c1-14(2)22(36)35-8-7-34(12-15(35)3)19-10-16(37-39-33(4)32-24(13-28)5-6-24)9-18(17(19)11-27)29-23-31-30-21(38-23)20(25)26/h9-11,14-15,20,27,32H,5-8,12H2,1-4H3,(H,29,31). The number of benzene rings is 1. The van der Waals surface area contributed by atoms with Crippen molar-refractivity contribution in [1.29, 1.82) is 10.7 Å². The number of nitriles is 1. The molecule has 1 unspecified atom stereocenters. The third kappa shape index (κ3) is 6.75. The lowest BCUT2D eigenvalue weighted by Gasteiger charge is -2.42. The summed E-state index contributed by atoms with van der Waals surface area (Å²) in [7, 11) is 1.74. The van der Waals surface area contributed by atoms with Crippen molar-refractivity contribution in [3.8, 4) is 11.8 Å². The fraction of sp³-hybridized carbons (Fsp3) is 0.542. The second-order valence-electron chi connectivity index (χ2n) is 9.86. The summed E-state index contributed by atoms with van der Waals surface area (Å²) in [4.78, 5) is 16.6. The lowest BCUT2D eigenvalue weighted by Crippen LogP contribution is -2.55. The highest BCUT2D eigenvalue weighted by atomic mass is 32.2. The highest BCUT2D eigenvalue weighted by molar-refractivity contribution is 7.92. The van der Waals surface area contributed by atoms with E-state index >= 15 is 0 Å². The SMILES string of the molecule is CC(C)C(=O)N1CCN(c2cc(OSN(C)NC3(C#N)CC3)cc(Nc3nnc(C(F)F)s3)c2C=N)CC1C. The van der Waals surface area contributed by atoms with Crippen LogP contribution in [-0.4, -0.2) is 69.9 Å². The molecular formula is C24H31F2N9O2S2. The molecular weight excluding hydrogens is 548 g/mol. The minimum absolute atomic E-state index is 0.0598. The summed E-state index contributed by atoms with van der Waals surface area (Å²) >= 11 is 1.73. The molecule has 210 valence electrons. The molecule has 1 saturated heterocycles. The number of carbonyl (C=O) groups excluding carboxylic acids is 1. The molecule has 4 rings (SSSR count). The third-order valence-electron chi connectivity index (χ3n) is 6.47. The predicted molar refractivity (Wildman–Crippen MR) is 147 cm³/mol. The maximum Gasteiger partial charge on any atom is 0.291 e. The quantitative estimate of drug-likeness (QED) is 0.153. The number of aromatic nitrogens is 2. The smallest absolute Gasteiger partial charge is 0.291 e. The molecule has 11 nitrogen and oxygen atoms in total. The van der Waals surface area contributed by atoms with Gasteiger partial charge in [-0.05, 0) is 19.8 Å². The zero-order valence-electron chi connectivity index (χ0n) is 22.1. The van der Waals surface area contributed by atoms with Crippen molar-refractivity contribution >= 4 is 52.2 Å². The van der Waals surface area contributed by atoms with Gasteiger partial charge in [0.2, 0.25) is 11.0 Å². The summed E-state index contributed by atoms with van der Waals surface area (Å²) in [5.41, 5.74) is 4.19. The van der Waals surface area contributed by atoms with E-state index in [1.54, 1.807) is 23.6 Å². The van der Waals surface area contributed by atoms with Crippen LogP contribution >= 0.6 is 23.6 Å². The zero-order valence-corrected chi connectivity index (χ0v) is 23.7. The first-order valence-corrected chi connectivity index (χ1v) is 14.0. The average Bonchev–Trinajstić information content (AvgIpc) is 3.51. The number of amides is 1. The van der Waals surface area contributed by atoms with Gasteiger partial charge in [0, 0.05) is 62.6 Å². The Morgan fingerprint density at radius 3 is 2.69 bits per heavy atom. The van der Waals surface area contributed by atoms with Crippen LogP contribution in [0, 0.1) is 22.7 Å². The molecule has 1 saturated carbocycles. The summed E-state index contributed by atoms with van der Waals surface area (Å²) < 4.78 is 33.8. The van der Waals surface area contributed by atoms with Crippen molar-refractivity contribution in [2.75, 3.05) is 36.9 Å². The summed E-state index contributed by atoms with van der Waals surface area (Å²) in [6, 6.07) is 5.67. The summed E-state index contributed by atoms with van der Waals surface area (Å²) in [5, 5.41) is 27.6. The number of hydrogen-bond donors (Lipinski definition) is 3. The molecule has 0 spiro atoms. The molecule has 1 aromatic heterocycles. The number of halogens is 2. The number of alkyl halides is 2. The van der Waals surface area contributed by atoms with Crippen LogP contribution in [0.2, 0.25) is 0 Å². The van der Waals surface area contributed by atoms with Crippen LogP contribution in [0.1, 0.15) is 50.6 Å². The monoisotopic (exact) mass is 579 g/mol. The molecule has 3 N–H and O–H groups in total. The Balaban J connectivity index is 1.61. The van der Waals surface area contributed by atoms with Crippen molar-refractivity contribution in [3.63, 3.8) is 0 Å². The van der Waals surface area contributed by atoms with Gasteiger partial charge >= 0.3 is 0 Å². The van der Waals surface area contributed by atoms with Gasteiger partial charge in [-0.1, -0.05) is 25.2 Å². The van der Waals surface area contributed by atoms with E-state index in [-0.39, 0.29) is 23.0 Å². The van der Waals surface area contributed by atoms with Gasteiger partial charge in [0.25, 0.3) is 6.43 Å². The van der Waals surface area contributed by atoms with Crippen LogP contribution in [0.5, 0.6) is 5.75 Å². The Bertz CT molecular complexity index is 1250. The fourth-order valence-electron chi connectivity index (χ4n) is 4.29. The van der Waals surface area contributed by atoms with Gasteiger partial charge in [-0.3, -0.25) is 4.79 Å². The molecule has 1 amide bonds. The normalized spacial score (nSPS) is 18.4. The molecule has 1 atom stereocenters. The summed E-state index contributed by atoms with van der Waals surface area (Å²) in [6.45, 7) is 7.35. The number of nitrogens with one attached hydrogen (secondary N) is 3. The van der Waals surface area contributed by atoms with Crippen molar-refractivity contribution in [3.05, 3.63) is 22.7 Å². The van der Waals surface area contributed by atoms with Crippen LogP contribution in [0.4, 0.5) is 25.3 Å². The van der Waals surface area contributed by atoms with Gasteiger partial charge in [0.15, 0.2) is 17.2 Å². The zero-order chi connectivity index (χ0) is 28.3. The topological polar surface area (TPSA) is 134 Å². The van der Waals surface area contributed by atoms with Gasteiger partial charge in [-0.2, -0.15) is 9.68 Å². The predicted octanol–water partition coefficient (Wildman–Crippen LogP) is 4.34. The molecule has 15 heteroatoms. The maximum atomic E-state index is 13.1. The number of piperazine rings is 1. The van der Waals surface area contributed by atoms with Gasteiger partial charge < -0.3 is 24.7 Å². The molecule has 2 heterocycles. The molecule has 2 fully saturated rings. The molecule has 2 aromatic rings. The van der Waals surface area contributed by atoms with E-state index in [9.17, 15) is 18.8 Å². The molecule has 1 aliphatic carbocycles. The second-order valence-corrected chi connectivity index (χ2v) is 11.7. The van der Waals surface area contributed by atoms with Gasteiger partial charge in [0.1, 0.15) is 11.3 Å². The fourth-order valence-corrected chi connectivity index (χ4v) is 5.41. The molecule has 0 bridgehead atoms. The maximum absolute atomic E-state index is 13.1. The van der Waals surface area contributed by atoms with Gasteiger partial charge in [0.05, 0.1) is 17.4 Å². The summed E-state index contributed by atoms with van der Waals surface area (Å²) in [5.74, 6) is 0.426. The first kappa shape index (κ1) is 28.9. The van der Waals surface area contributed by atoms with E-state index in [0.29, 0.717) is 42.3 Å². The van der Waals surface area contributed by atoms with Gasteiger partial charge in [-0.25, -0.2) is 14.2 Å². The van der Waals surface area contributed by atoms with Crippen LogP contribution < -0.4 is 19.8 Å². The third-order valence-corrected chi connectivity index (χ3v) is 7.90. The highest BCUT2D eigenvalue weighted by Crippen LogP contribution is 2.38. The lowest BCUT2D eigenvalue weighted by molar-refractivity contribution is -0.136. The van der Waals surface area contributed by atoms with E-state index < -0.39 is 17.0 Å². The molecule has 2 aliphatic rings. The van der Waals surface area contributed by atoms with Crippen molar-refractivity contribution in [2.24, 2.45) is 5.92 Å². The van der Waals surface area contributed by atoms with E-state index in [1.165, 1.54) is 6.21 Å². The Hall–Kier alpha value is -3.06. The number of nitrogens with zero attached hydrogens (tertiary/aromatic N) is 6. The van der Waals surface area contributed by atoms with Crippen molar-refractivity contribution < 1.29 is 17.8 Å². The number of carbonyl (C=O) groups is 1. The number of rotatable bonds is 11. The van der Waals surface area contributed by atoms with E-state index in [1.807, 2.05) is 25.7 Å². The van der Waals surface area contributed by atoms with Crippen LogP contribution in [0.25, 0.3) is 0 Å². The van der Waals surface area contributed by atoms with Crippen molar-refractivity contribution in [2.45, 2.75) is 51.6 Å². The van der Waals surface area contributed by atoms with Crippen LogP contribution in [0.3, 0.4) is 0 Å². The Morgan fingerprint density at radius 2 is 2.13 bits per heavy atom. The summed E-state index contributed by atoms with van der Waals surface area (Å²) in [6.07, 6.45) is -0.0317. The average molecular weight is 580 g/mol. The molecule has 1 aliphatic heterocycles. The minimum atomic E-state index is -2.74. The molecule has 39 heavy (non-hydrogen) atoms. The number of hydrazine groups is 1. The molecule has 0 radical (unpaired) electrons. The lowest BCUT2D eigenvalue weighted by atomic mass is 10.1. The van der Waals surface area contributed by atoms with E-state index in [2.05, 4.69) is 31.9 Å². The highest BCUT2D eigenvalue weighted by Gasteiger charge is 2.44. The molecule has 1 aromatic carbocycles. The Morgan fingerprint density at radius 1 is 1.38 bits per heavy atom. The van der Waals surface area contributed by atoms with Crippen LogP contribution in [0.15, 0.2) is 12.1 Å². The number of anilines is 3. The van der Waals surface area contributed by atoms with E-state index in [0.717, 1.165) is 36.4 Å².